The highest BCUT2D eigenvalue weighted by atomic mass is 19.4. The fourth-order valence-electron chi connectivity index (χ4n) is 2.60. The Morgan fingerprint density at radius 2 is 1.95 bits per heavy atom. The third-order valence-electron chi connectivity index (χ3n) is 3.73. The Labute approximate surface area is 120 Å². The molecule has 0 aromatic carbocycles. The number of halogens is 3. The van der Waals surface area contributed by atoms with Gasteiger partial charge in [0.2, 0.25) is 0 Å². The van der Waals surface area contributed by atoms with Gasteiger partial charge in [0.1, 0.15) is 5.82 Å². The van der Waals surface area contributed by atoms with E-state index in [1.165, 1.54) is 0 Å². The molecule has 1 aliphatic rings. The first-order valence-corrected chi connectivity index (χ1v) is 6.97. The molecule has 0 spiro atoms. The average Bonchev–Trinajstić information content (AvgIpc) is 2.43. The zero-order valence-corrected chi connectivity index (χ0v) is 12.0. The van der Waals surface area contributed by atoms with Crippen molar-refractivity contribution in [2.75, 3.05) is 26.2 Å². The smallest absolute Gasteiger partial charge is 0.314 e. The predicted molar refractivity (Wildman–Crippen MR) is 72.1 cm³/mol. The van der Waals surface area contributed by atoms with Gasteiger partial charge in [-0.2, -0.15) is 13.2 Å². The maximum atomic E-state index is 13.0. The van der Waals surface area contributed by atoms with Gasteiger partial charge in [0, 0.05) is 31.7 Å². The highest BCUT2D eigenvalue weighted by Crippen LogP contribution is 2.30. The van der Waals surface area contributed by atoms with Gasteiger partial charge in [0.15, 0.2) is 5.69 Å². The number of rotatable bonds is 3. The third kappa shape index (κ3) is 3.44. The zero-order valence-electron chi connectivity index (χ0n) is 12.0. The molecule has 1 unspecified atom stereocenters. The lowest BCUT2D eigenvalue weighted by Crippen LogP contribution is -2.45. The van der Waals surface area contributed by atoms with Gasteiger partial charge < -0.3 is 10.3 Å². The highest BCUT2D eigenvalue weighted by molar-refractivity contribution is 5.20. The number of hydrogen-bond acceptors (Lipinski definition) is 4. The normalized spacial score (nSPS) is 18.7. The second kappa shape index (κ2) is 6.15. The van der Waals surface area contributed by atoms with Gasteiger partial charge in [0.05, 0.1) is 6.04 Å². The van der Waals surface area contributed by atoms with Gasteiger partial charge in [-0.15, -0.1) is 0 Å². The van der Waals surface area contributed by atoms with E-state index in [-0.39, 0.29) is 17.4 Å². The van der Waals surface area contributed by atoms with Crippen LogP contribution < -0.4 is 10.9 Å². The maximum Gasteiger partial charge on any atom is 0.433 e. The first-order chi connectivity index (χ1) is 9.84. The van der Waals surface area contributed by atoms with Crippen molar-refractivity contribution < 1.29 is 13.2 Å². The Hall–Kier alpha value is -1.41. The lowest BCUT2D eigenvalue weighted by Gasteiger charge is -2.33. The van der Waals surface area contributed by atoms with E-state index in [1.807, 2.05) is 11.8 Å². The lowest BCUT2D eigenvalue weighted by molar-refractivity contribution is -0.142. The van der Waals surface area contributed by atoms with E-state index in [4.69, 9.17) is 0 Å². The van der Waals surface area contributed by atoms with Crippen LogP contribution >= 0.6 is 0 Å². The van der Waals surface area contributed by atoms with Crippen molar-refractivity contribution in [2.45, 2.75) is 32.5 Å². The molecule has 1 aromatic heterocycles. The molecule has 5 nitrogen and oxygen atoms in total. The topological polar surface area (TPSA) is 61.0 Å². The van der Waals surface area contributed by atoms with Gasteiger partial charge in [-0.25, -0.2) is 4.98 Å². The van der Waals surface area contributed by atoms with Crippen LogP contribution in [0.5, 0.6) is 0 Å². The number of nitrogens with one attached hydrogen (secondary N) is 2. The second-order valence-corrected chi connectivity index (χ2v) is 5.13. The molecular weight excluding hydrogens is 285 g/mol. The Morgan fingerprint density at radius 3 is 2.48 bits per heavy atom. The SMILES string of the molecule is CCC(c1nc(C(F)(F)F)c(C)c(=O)[nH]1)N1CCNCC1. The summed E-state index contributed by atoms with van der Waals surface area (Å²) in [5, 5.41) is 3.19. The van der Waals surface area contributed by atoms with Crippen LogP contribution in [0.1, 0.15) is 36.5 Å². The number of nitrogens with zero attached hydrogens (tertiary/aromatic N) is 2. The Morgan fingerprint density at radius 1 is 1.33 bits per heavy atom. The Kier molecular flexibility index (Phi) is 4.67. The molecule has 1 aromatic rings. The van der Waals surface area contributed by atoms with Crippen molar-refractivity contribution in [1.29, 1.82) is 0 Å². The van der Waals surface area contributed by atoms with Crippen molar-refractivity contribution in [3.8, 4) is 0 Å². The summed E-state index contributed by atoms with van der Waals surface area (Å²) >= 11 is 0. The summed E-state index contributed by atoms with van der Waals surface area (Å²) in [5.74, 6) is 0.0994. The van der Waals surface area contributed by atoms with Crippen molar-refractivity contribution in [2.24, 2.45) is 0 Å². The maximum absolute atomic E-state index is 13.0. The van der Waals surface area contributed by atoms with Crippen molar-refractivity contribution >= 4 is 0 Å². The minimum atomic E-state index is -4.62. The predicted octanol–water partition coefficient (Wildman–Crippen LogP) is 1.45. The molecule has 2 heterocycles. The monoisotopic (exact) mass is 304 g/mol. The summed E-state index contributed by atoms with van der Waals surface area (Å²) in [7, 11) is 0. The molecular formula is C13H19F3N4O. The van der Waals surface area contributed by atoms with Crippen LogP contribution in [0.4, 0.5) is 13.2 Å². The minimum Gasteiger partial charge on any atom is -0.314 e. The molecule has 1 fully saturated rings. The number of aromatic amines is 1. The first kappa shape index (κ1) is 16.0. The largest absolute Gasteiger partial charge is 0.433 e. The molecule has 1 atom stereocenters. The fourth-order valence-corrected chi connectivity index (χ4v) is 2.60. The number of alkyl halides is 3. The van der Waals surface area contributed by atoms with Crippen molar-refractivity contribution in [3.63, 3.8) is 0 Å². The zero-order chi connectivity index (χ0) is 15.6. The summed E-state index contributed by atoms with van der Waals surface area (Å²) in [5.41, 5.74) is -2.20. The quantitative estimate of drug-likeness (QED) is 0.887. The molecule has 8 heteroatoms. The molecule has 1 aliphatic heterocycles. The summed E-state index contributed by atoms with van der Waals surface area (Å²) < 4.78 is 38.9. The summed E-state index contributed by atoms with van der Waals surface area (Å²) in [4.78, 5) is 20.0. The molecule has 0 aliphatic carbocycles. The van der Waals surface area contributed by atoms with Gasteiger partial charge >= 0.3 is 6.18 Å². The molecule has 0 amide bonds. The average molecular weight is 304 g/mol. The highest BCUT2D eigenvalue weighted by Gasteiger charge is 2.37. The molecule has 1 saturated heterocycles. The van der Waals surface area contributed by atoms with Crippen LogP contribution in [-0.4, -0.2) is 41.0 Å². The molecule has 0 radical (unpaired) electrons. The van der Waals surface area contributed by atoms with Crippen LogP contribution in [-0.2, 0) is 6.18 Å². The van der Waals surface area contributed by atoms with Crippen LogP contribution in [0.25, 0.3) is 0 Å². The van der Waals surface area contributed by atoms with E-state index in [0.717, 1.165) is 33.1 Å². The number of hydrogen-bond donors (Lipinski definition) is 2. The first-order valence-electron chi connectivity index (χ1n) is 6.97. The number of aromatic nitrogens is 2. The van der Waals surface area contributed by atoms with Crippen LogP contribution in [0, 0.1) is 6.92 Å². The van der Waals surface area contributed by atoms with Crippen molar-refractivity contribution in [3.05, 3.63) is 27.4 Å². The summed E-state index contributed by atoms with van der Waals surface area (Å²) in [6.07, 6.45) is -4.03. The molecule has 21 heavy (non-hydrogen) atoms. The Bertz CT molecular complexity index is 549. The summed E-state index contributed by atoms with van der Waals surface area (Å²) in [6, 6.07) is -0.304. The van der Waals surface area contributed by atoms with E-state index in [1.54, 1.807) is 0 Å². The second-order valence-electron chi connectivity index (χ2n) is 5.13. The van der Waals surface area contributed by atoms with Crippen LogP contribution in [0.15, 0.2) is 4.79 Å². The Balaban J connectivity index is 2.42. The summed E-state index contributed by atoms with van der Waals surface area (Å²) in [6.45, 7) is 6.01. The molecule has 2 N–H and O–H groups in total. The van der Waals surface area contributed by atoms with E-state index in [0.29, 0.717) is 6.42 Å². The number of H-pyrrole nitrogens is 1. The van der Waals surface area contributed by atoms with Crippen molar-refractivity contribution in [1.82, 2.24) is 20.2 Å². The molecule has 0 saturated carbocycles. The van der Waals surface area contributed by atoms with Gasteiger partial charge in [-0.1, -0.05) is 6.92 Å². The fraction of sp³-hybridized carbons (Fsp3) is 0.692. The van der Waals surface area contributed by atoms with E-state index in [9.17, 15) is 18.0 Å². The van der Waals surface area contributed by atoms with Gasteiger partial charge in [-0.05, 0) is 13.3 Å². The molecule has 0 bridgehead atoms. The van der Waals surface area contributed by atoms with Gasteiger partial charge in [-0.3, -0.25) is 9.69 Å². The number of piperazine rings is 1. The van der Waals surface area contributed by atoms with E-state index >= 15 is 0 Å². The van der Waals surface area contributed by atoms with E-state index < -0.39 is 17.4 Å². The minimum absolute atomic E-state index is 0.0994. The van der Waals surface area contributed by atoms with E-state index in [2.05, 4.69) is 15.3 Å². The van der Waals surface area contributed by atoms with Crippen LogP contribution in [0.3, 0.4) is 0 Å². The molecule has 118 valence electrons. The van der Waals surface area contributed by atoms with Gasteiger partial charge in [0.25, 0.3) is 5.56 Å². The third-order valence-corrected chi connectivity index (χ3v) is 3.73. The van der Waals surface area contributed by atoms with Crippen LogP contribution in [0.2, 0.25) is 0 Å². The lowest BCUT2D eigenvalue weighted by atomic mass is 10.1. The standard InChI is InChI=1S/C13H19F3N4O/c1-3-9(20-6-4-17-5-7-20)11-18-10(13(14,15)16)8(2)12(21)19-11/h9,17H,3-7H2,1-2H3,(H,18,19,21). The molecule has 2 rings (SSSR count).